The van der Waals surface area contributed by atoms with E-state index in [4.69, 9.17) is 0 Å². The molecule has 0 spiro atoms. The summed E-state index contributed by atoms with van der Waals surface area (Å²) in [7, 11) is 1.76. The zero-order chi connectivity index (χ0) is 16.6. The number of hydrogen-bond donors (Lipinski definition) is 1. The average molecular weight is 309 g/mol. The van der Waals surface area contributed by atoms with Gasteiger partial charge in [0.1, 0.15) is 5.69 Å². The molecule has 1 aromatic carbocycles. The van der Waals surface area contributed by atoms with Crippen molar-refractivity contribution in [1.29, 1.82) is 0 Å². The molecular formula is C17H19N5O. The summed E-state index contributed by atoms with van der Waals surface area (Å²) in [6.45, 7) is 5.88. The third kappa shape index (κ3) is 2.75. The first-order valence-corrected chi connectivity index (χ1v) is 7.38. The fourth-order valence-corrected chi connectivity index (χ4v) is 2.53. The molecule has 3 aromatic rings. The molecule has 0 unspecified atom stereocenters. The fraction of sp³-hybridized carbons (Fsp3) is 0.235. The summed E-state index contributed by atoms with van der Waals surface area (Å²) >= 11 is 0. The topological polar surface area (TPSA) is 64.7 Å². The van der Waals surface area contributed by atoms with Crippen LogP contribution < -0.4 is 5.32 Å². The number of anilines is 1. The molecular weight excluding hydrogens is 290 g/mol. The minimum atomic E-state index is -0.162. The second-order valence-corrected chi connectivity index (χ2v) is 5.59. The van der Waals surface area contributed by atoms with Crippen molar-refractivity contribution in [3.63, 3.8) is 0 Å². The van der Waals surface area contributed by atoms with E-state index in [1.807, 2.05) is 49.6 Å². The maximum absolute atomic E-state index is 12.3. The maximum Gasteiger partial charge on any atom is 0.274 e. The standard InChI is InChI=1S/C17H19N5O/c1-11-9-19-21(4)16(11)17(23)20-14-5-7-15(8-6-14)22-10-18-12(2)13(22)3/h5-10H,1-4H3,(H,20,23). The zero-order valence-corrected chi connectivity index (χ0v) is 13.7. The Morgan fingerprint density at radius 1 is 1.13 bits per heavy atom. The fourth-order valence-electron chi connectivity index (χ4n) is 2.53. The van der Waals surface area contributed by atoms with Crippen molar-refractivity contribution in [3.05, 3.63) is 59.4 Å². The SMILES string of the molecule is Cc1cnn(C)c1C(=O)Nc1ccc(-n2cnc(C)c2C)cc1. The monoisotopic (exact) mass is 309 g/mol. The van der Waals surface area contributed by atoms with Crippen molar-refractivity contribution in [2.24, 2.45) is 7.05 Å². The van der Waals surface area contributed by atoms with E-state index in [-0.39, 0.29) is 5.91 Å². The Balaban J connectivity index is 1.80. The molecule has 0 aliphatic rings. The molecule has 0 aliphatic heterocycles. The van der Waals surface area contributed by atoms with Crippen LogP contribution in [-0.2, 0) is 7.05 Å². The highest BCUT2D eigenvalue weighted by Crippen LogP contribution is 2.17. The number of amides is 1. The lowest BCUT2D eigenvalue weighted by Gasteiger charge is -2.09. The van der Waals surface area contributed by atoms with E-state index in [1.54, 1.807) is 24.3 Å². The second kappa shape index (κ2) is 5.72. The van der Waals surface area contributed by atoms with Crippen LogP contribution in [0.4, 0.5) is 5.69 Å². The Morgan fingerprint density at radius 3 is 2.35 bits per heavy atom. The third-order valence-corrected chi connectivity index (χ3v) is 3.99. The zero-order valence-electron chi connectivity index (χ0n) is 13.7. The molecule has 0 atom stereocenters. The normalized spacial score (nSPS) is 10.8. The molecule has 0 saturated heterocycles. The number of rotatable bonds is 3. The lowest BCUT2D eigenvalue weighted by Crippen LogP contribution is -2.17. The number of carbonyl (C=O) groups excluding carboxylic acids is 1. The van der Waals surface area contributed by atoms with Crippen molar-refractivity contribution in [2.75, 3.05) is 5.32 Å². The molecule has 1 N–H and O–H groups in total. The molecule has 118 valence electrons. The van der Waals surface area contributed by atoms with Crippen LogP contribution in [0.25, 0.3) is 5.69 Å². The molecule has 6 heteroatoms. The van der Waals surface area contributed by atoms with E-state index in [2.05, 4.69) is 15.4 Å². The van der Waals surface area contributed by atoms with Crippen LogP contribution in [0.3, 0.4) is 0 Å². The van der Waals surface area contributed by atoms with Gasteiger partial charge in [-0.3, -0.25) is 9.48 Å². The van der Waals surface area contributed by atoms with Crippen LogP contribution >= 0.6 is 0 Å². The van der Waals surface area contributed by atoms with Gasteiger partial charge in [-0.1, -0.05) is 0 Å². The van der Waals surface area contributed by atoms with Gasteiger partial charge in [0.2, 0.25) is 0 Å². The highest BCUT2D eigenvalue weighted by atomic mass is 16.2. The number of hydrogen-bond acceptors (Lipinski definition) is 3. The van der Waals surface area contributed by atoms with Crippen molar-refractivity contribution >= 4 is 11.6 Å². The van der Waals surface area contributed by atoms with Crippen molar-refractivity contribution in [3.8, 4) is 5.69 Å². The van der Waals surface area contributed by atoms with Crippen LogP contribution in [0.2, 0.25) is 0 Å². The minimum Gasteiger partial charge on any atom is -0.321 e. The van der Waals surface area contributed by atoms with Crippen LogP contribution in [0.15, 0.2) is 36.8 Å². The summed E-state index contributed by atoms with van der Waals surface area (Å²) in [6.07, 6.45) is 3.49. The predicted molar refractivity (Wildman–Crippen MR) is 88.9 cm³/mol. The smallest absolute Gasteiger partial charge is 0.274 e. The van der Waals surface area contributed by atoms with Gasteiger partial charge in [0.15, 0.2) is 0 Å². The Kier molecular flexibility index (Phi) is 3.73. The Bertz CT molecular complexity index is 838. The molecule has 6 nitrogen and oxygen atoms in total. The summed E-state index contributed by atoms with van der Waals surface area (Å²) in [5, 5.41) is 6.99. The first kappa shape index (κ1) is 15.0. The van der Waals surface area contributed by atoms with E-state index in [0.29, 0.717) is 5.69 Å². The van der Waals surface area contributed by atoms with E-state index in [1.165, 1.54) is 0 Å². The number of aryl methyl sites for hydroxylation is 3. The highest BCUT2D eigenvalue weighted by molar-refractivity contribution is 6.04. The number of imidazole rings is 1. The Hall–Kier alpha value is -2.89. The summed E-state index contributed by atoms with van der Waals surface area (Å²) in [5.74, 6) is -0.162. The molecule has 0 radical (unpaired) electrons. The van der Waals surface area contributed by atoms with E-state index in [9.17, 15) is 4.79 Å². The van der Waals surface area contributed by atoms with Gasteiger partial charge in [0.05, 0.1) is 18.2 Å². The van der Waals surface area contributed by atoms with Crippen LogP contribution in [0.1, 0.15) is 27.4 Å². The molecule has 0 aliphatic carbocycles. The van der Waals surface area contributed by atoms with Crippen molar-refractivity contribution in [2.45, 2.75) is 20.8 Å². The molecule has 3 rings (SSSR count). The predicted octanol–water partition coefficient (Wildman–Crippen LogP) is 2.78. The molecule has 2 aromatic heterocycles. The number of nitrogens with one attached hydrogen (secondary N) is 1. The minimum absolute atomic E-state index is 0.162. The van der Waals surface area contributed by atoms with Gasteiger partial charge in [0.25, 0.3) is 5.91 Å². The molecule has 0 fully saturated rings. The van der Waals surface area contributed by atoms with E-state index < -0.39 is 0 Å². The van der Waals surface area contributed by atoms with E-state index in [0.717, 1.165) is 28.3 Å². The maximum atomic E-state index is 12.3. The second-order valence-electron chi connectivity index (χ2n) is 5.59. The summed E-state index contributed by atoms with van der Waals surface area (Å²) in [4.78, 5) is 16.6. The molecule has 0 saturated carbocycles. The van der Waals surface area contributed by atoms with Crippen molar-refractivity contribution in [1.82, 2.24) is 19.3 Å². The third-order valence-electron chi connectivity index (χ3n) is 3.99. The van der Waals surface area contributed by atoms with Gasteiger partial charge in [-0.25, -0.2) is 4.98 Å². The molecule has 1 amide bonds. The average Bonchev–Trinajstić information content (AvgIpc) is 3.03. The van der Waals surface area contributed by atoms with Gasteiger partial charge < -0.3 is 9.88 Å². The molecule has 23 heavy (non-hydrogen) atoms. The van der Waals surface area contributed by atoms with Gasteiger partial charge in [-0.2, -0.15) is 5.10 Å². The lowest BCUT2D eigenvalue weighted by atomic mass is 10.2. The van der Waals surface area contributed by atoms with Crippen LogP contribution in [-0.4, -0.2) is 25.2 Å². The Labute approximate surface area is 134 Å². The van der Waals surface area contributed by atoms with Crippen LogP contribution in [0.5, 0.6) is 0 Å². The van der Waals surface area contributed by atoms with E-state index >= 15 is 0 Å². The first-order chi connectivity index (χ1) is 11.0. The van der Waals surface area contributed by atoms with Gasteiger partial charge >= 0.3 is 0 Å². The molecule has 0 bridgehead atoms. The summed E-state index contributed by atoms with van der Waals surface area (Å²) in [6, 6.07) is 7.68. The number of carbonyl (C=O) groups is 1. The first-order valence-electron chi connectivity index (χ1n) is 7.38. The van der Waals surface area contributed by atoms with Crippen LogP contribution in [0, 0.1) is 20.8 Å². The summed E-state index contributed by atoms with van der Waals surface area (Å²) in [5.41, 5.74) is 5.29. The lowest BCUT2D eigenvalue weighted by molar-refractivity contribution is 0.101. The quantitative estimate of drug-likeness (QED) is 0.809. The largest absolute Gasteiger partial charge is 0.321 e. The van der Waals surface area contributed by atoms with Gasteiger partial charge in [-0.05, 0) is 50.6 Å². The highest BCUT2D eigenvalue weighted by Gasteiger charge is 2.14. The summed E-state index contributed by atoms with van der Waals surface area (Å²) < 4.78 is 3.60. The molecule has 2 heterocycles. The van der Waals surface area contributed by atoms with Gasteiger partial charge in [-0.15, -0.1) is 0 Å². The number of nitrogens with zero attached hydrogens (tertiary/aromatic N) is 4. The van der Waals surface area contributed by atoms with Gasteiger partial charge in [0, 0.05) is 24.1 Å². The number of benzene rings is 1. The number of aromatic nitrogens is 4. The van der Waals surface area contributed by atoms with Crippen molar-refractivity contribution < 1.29 is 4.79 Å². The Morgan fingerprint density at radius 2 is 1.83 bits per heavy atom.